The molecule has 0 atom stereocenters. The van der Waals surface area contributed by atoms with Gasteiger partial charge in [0.2, 0.25) is 0 Å². The maximum atomic E-state index is 13.3. The Balaban J connectivity index is 2.00. The van der Waals surface area contributed by atoms with Crippen LogP contribution in [0, 0.1) is 13.8 Å². The van der Waals surface area contributed by atoms with E-state index in [0.29, 0.717) is 17.1 Å². The van der Waals surface area contributed by atoms with Crippen molar-refractivity contribution in [1.82, 2.24) is 9.55 Å². The highest BCUT2D eigenvalue weighted by atomic mass is 19.4. The number of nitrogens with one attached hydrogen (secondary N) is 1. The highest BCUT2D eigenvalue weighted by Crippen LogP contribution is 2.32. The molecule has 1 amide bonds. The zero-order chi connectivity index (χ0) is 19.8. The lowest BCUT2D eigenvalue weighted by Crippen LogP contribution is -2.15. The second-order valence-electron chi connectivity index (χ2n) is 6.21. The molecule has 2 aromatic carbocycles. The molecule has 0 fully saturated rings. The van der Waals surface area contributed by atoms with Gasteiger partial charge in [-0.1, -0.05) is 6.07 Å². The van der Waals surface area contributed by atoms with Gasteiger partial charge in [-0.3, -0.25) is 4.79 Å². The predicted octanol–water partition coefficient (Wildman–Crippen LogP) is 4.34. The predicted molar refractivity (Wildman–Crippen MR) is 96.8 cm³/mol. The average Bonchev–Trinajstić information content (AvgIpc) is 3.03. The number of imidazole rings is 1. The molecule has 0 aliphatic heterocycles. The minimum Gasteiger partial charge on any atom is -0.398 e. The molecule has 0 bridgehead atoms. The summed E-state index contributed by atoms with van der Waals surface area (Å²) >= 11 is 0. The van der Waals surface area contributed by atoms with Crippen molar-refractivity contribution in [3.8, 4) is 5.69 Å². The largest absolute Gasteiger partial charge is 0.416 e. The van der Waals surface area contributed by atoms with Gasteiger partial charge in [-0.15, -0.1) is 0 Å². The Labute approximate surface area is 153 Å². The Morgan fingerprint density at radius 1 is 1.15 bits per heavy atom. The normalized spacial score (nSPS) is 11.4. The molecule has 3 aromatic rings. The van der Waals surface area contributed by atoms with Gasteiger partial charge in [0.25, 0.3) is 5.91 Å². The Bertz CT molecular complexity index is 1010. The van der Waals surface area contributed by atoms with Crippen molar-refractivity contribution >= 4 is 17.3 Å². The molecule has 1 aromatic heterocycles. The highest BCUT2D eigenvalue weighted by molar-refractivity contribution is 6.05. The minimum absolute atomic E-state index is 0.120. The number of alkyl halides is 3. The first-order valence-electron chi connectivity index (χ1n) is 8.04. The number of carbonyl (C=O) groups is 1. The quantitative estimate of drug-likeness (QED) is 0.670. The number of hydrogen-bond acceptors (Lipinski definition) is 3. The van der Waals surface area contributed by atoms with E-state index < -0.39 is 17.6 Å². The van der Waals surface area contributed by atoms with Gasteiger partial charge in [-0.25, -0.2) is 4.98 Å². The molecule has 1 heterocycles. The topological polar surface area (TPSA) is 72.9 Å². The van der Waals surface area contributed by atoms with E-state index in [-0.39, 0.29) is 11.3 Å². The van der Waals surface area contributed by atoms with E-state index in [9.17, 15) is 18.0 Å². The zero-order valence-corrected chi connectivity index (χ0v) is 14.6. The number of rotatable bonds is 3. The number of nitrogens with two attached hydrogens (primary N) is 1. The Morgan fingerprint density at radius 2 is 1.89 bits per heavy atom. The van der Waals surface area contributed by atoms with E-state index in [1.165, 1.54) is 17.0 Å². The van der Waals surface area contributed by atoms with E-state index >= 15 is 0 Å². The Morgan fingerprint density at radius 3 is 2.48 bits per heavy atom. The molecule has 5 nitrogen and oxygen atoms in total. The van der Waals surface area contributed by atoms with Crippen LogP contribution in [0.1, 0.15) is 27.2 Å². The number of hydrogen-bond donors (Lipinski definition) is 2. The molecule has 0 saturated heterocycles. The van der Waals surface area contributed by atoms with Gasteiger partial charge < -0.3 is 15.6 Å². The third-order valence-electron chi connectivity index (χ3n) is 4.05. The van der Waals surface area contributed by atoms with Gasteiger partial charge in [0.05, 0.1) is 17.6 Å². The van der Waals surface area contributed by atoms with Crippen molar-refractivity contribution in [2.24, 2.45) is 0 Å². The SMILES string of the molecule is Cc1cn(-c2cc(C(=O)Nc3ccc(C)c(N)c3)cc(C(F)(F)F)c2)cn1. The molecule has 0 unspecified atom stereocenters. The fourth-order valence-electron chi connectivity index (χ4n) is 2.54. The van der Waals surface area contributed by atoms with Crippen LogP contribution in [0.2, 0.25) is 0 Å². The molecule has 0 saturated carbocycles. The summed E-state index contributed by atoms with van der Waals surface area (Å²) in [5, 5.41) is 2.58. The number of aromatic nitrogens is 2. The van der Waals surface area contributed by atoms with Crippen molar-refractivity contribution in [3.63, 3.8) is 0 Å². The van der Waals surface area contributed by atoms with Crippen LogP contribution < -0.4 is 11.1 Å². The third kappa shape index (κ3) is 4.11. The summed E-state index contributed by atoms with van der Waals surface area (Å²) in [6, 6.07) is 8.08. The van der Waals surface area contributed by atoms with Crippen molar-refractivity contribution < 1.29 is 18.0 Å². The highest BCUT2D eigenvalue weighted by Gasteiger charge is 2.32. The molecule has 0 aliphatic rings. The molecular formula is C19H17F3N4O. The lowest BCUT2D eigenvalue weighted by molar-refractivity contribution is -0.137. The van der Waals surface area contributed by atoms with E-state index in [4.69, 9.17) is 5.73 Å². The second kappa shape index (κ2) is 6.79. The molecule has 140 valence electrons. The van der Waals surface area contributed by atoms with Gasteiger partial charge in [0, 0.05) is 28.8 Å². The van der Waals surface area contributed by atoms with Gasteiger partial charge in [-0.05, 0) is 49.7 Å². The van der Waals surface area contributed by atoms with Crippen LogP contribution in [0.25, 0.3) is 5.69 Å². The number of benzene rings is 2. The van der Waals surface area contributed by atoms with E-state index in [1.54, 1.807) is 31.3 Å². The summed E-state index contributed by atoms with van der Waals surface area (Å²) in [5.74, 6) is -0.664. The lowest BCUT2D eigenvalue weighted by atomic mass is 10.1. The van der Waals surface area contributed by atoms with E-state index in [0.717, 1.165) is 17.7 Å². The number of nitrogen functional groups attached to an aromatic ring is 1. The van der Waals surface area contributed by atoms with Gasteiger partial charge in [0.15, 0.2) is 0 Å². The van der Waals surface area contributed by atoms with Crippen molar-refractivity contribution in [3.05, 3.63) is 71.3 Å². The standard InChI is InChI=1S/C19H17F3N4O/c1-11-3-4-15(8-17(11)23)25-18(27)13-5-14(19(20,21)22)7-16(6-13)26-9-12(2)24-10-26/h3-10H,23H2,1-2H3,(H,25,27). The van der Waals surface area contributed by atoms with Crippen LogP contribution in [0.15, 0.2) is 48.9 Å². The Kier molecular flexibility index (Phi) is 4.65. The first-order chi connectivity index (χ1) is 12.6. The fourth-order valence-corrected chi connectivity index (χ4v) is 2.54. The van der Waals surface area contributed by atoms with Crippen LogP contribution in [-0.2, 0) is 6.18 Å². The van der Waals surface area contributed by atoms with Gasteiger partial charge in [-0.2, -0.15) is 13.2 Å². The lowest BCUT2D eigenvalue weighted by Gasteiger charge is -2.13. The molecule has 27 heavy (non-hydrogen) atoms. The van der Waals surface area contributed by atoms with Gasteiger partial charge in [0.1, 0.15) is 0 Å². The molecule has 8 heteroatoms. The van der Waals surface area contributed by atoms with Crippen LogP contribution in [0.3, 0.4) is 0 Å². The number of amides is 1. The van der Waals surface area contributed by atoms with Crippen molar-refractivity contribution in [2.75, 3.05) is 11.1 Å². The fraction of sp³-hybridized carbons (Fsp3) is 0.158. The molecule has 3 N–H and O–H groups in total. The van der Waals surface area contributed by atoms with Gasteiger partial charge >= 0.3 is 6.18 Å². The summed E-state index contributed by atoms with van der Waals surface area (Å²) in [6.07, 6.45) is -1.61. The molecule has 0 aliphatic carbocycles. The maximum absolute atomic E-state index is 13.3. The third-order valence-corrected chi connectivity index (χ3v) is 4.05. The van der Waals surface area contributed by atoms with Crippen LogP contribution >= 0.6 is 0 Å². The van der Waals surface area contributed by atoms with Crippen LogP contribution in [0.5, 0.6) is 0 Å². The summed E-state index contributed by atoms with van der Waals surface area (Å²) in [5.41, 5.74) is 7.33. The average molecular weight is 374 g/mol. The van der Waals surface area contributed by atoms with Crippen molar-refractivity contribution in [1.29, 1.82) is 0 Å². The first kappa shape index (κ1) is 18.5. The maximum Gasteiger partial charge on any atom is 0.416 e. The van der Waals surface area contributed by atoms with Crippen LogP contribution in [0.4, 0.5) is 24.5 Å². The summed E-state index contributed by atoms with van der Waals surface area (Å²) < 4.78 is 41.3. The number of anilines is 2. The number of nitrogens with zero attached hydrogens (tertiary/aromatic N) is 2. The number of carbonyl (C=O) groups excluding carboxylic acids is 1. The molecule has 0 radical (unpaired) electrons. The van der Waals surface area contributed by atoms with E-state index in [1.807, 2.05) is 6.92 Å². The second-order valence-corrected chi connectivity index (χ2v) is 6.21. The summed E-state index contributed by atoms with van der Waals surface area (Å²) in [4.78, 5) is 16.5. The smallest absolute Gasteiger partial charge is 0.398 e. The molecule has 3 rings (SSSR count). The number of halogens is 3. The zero-order valence-electron chi connectivity index (χ0n) is 14.6. The van der Waals surface area contributed by atoms with Crippen LogP contribution in [-0.4, -0.2) is 15.5 Å². The first-order valence-corrected chi connectivity index (χ1v) is 8.04. The van der Waals surface area contributed by atoms with E-state index in [2.05, 4.69) is 10.3 Å². The Hall–Kier alpha value is -3.29. The minimum atomic E-state index is -4.59. The monoisotopic (exact) mass is 374 g/mol. The van der Waals surface area contributed by atoms with Crippen molar-refractivity contribution in [2.45, 2.75) is 20.0 Å². The molecule has 0 spiro atoms. The summed E-state index contributed by atoms with van der Waals surface area (Å²) in [7, 11) is 0. The summed E-state index contributed by atoms with van der Waals surface area (Å²) in [6.45, 7) is 3.53. The number of aryl methyl sites for hydroxylation is 2. The molecular weight excluding hydrogens is 357 g/mol.